The maximum absolute atomic E-state index is 13.1. The topological polar surface area (TPSA) is 82.1 Å². The van der Waals surface area contributed by atoms with Gasteiger partial charge >= 0.3 is 6.18 Å². The SMILES string of the molecule is CCS(=O)(=O)c1c(-c2nc3cnc4cc(C(F)(F)F)ccc4c3n2C)nc2ccccn12. The van der Waals surface area contributed by atoms with Gasteiger partial charge in [0.1, 0.15) is 16.9 Å². The summed E-state index contributed by atoms with van der Waals surface area (Å²) in [6.45, 7) is 1.55. The van der Waals surface area contributed by atoms with Crippen LogP contribution in [-0.2, 0) is 23.1 Å². The van der Waals surface area contributed by atoms with Gasteiger partial charge in [0.15, 0.2) is 20.7 Å². The molecule has 0 radical (unpaired) electrons. The van der Waals surface area contributed by atoms with Gasteiger partial charge in [-0.15, -0.1) is 0 Å². The number of rotatable bonds is 3. The summed E-state index contributed by atoms with van der Waals surface area (Å²) in [4.78, 5) is 13.2. The standard InChI is InChI=1S/C21H16F3N5O2S/c1-3-32(30,31)20-17(27-16-6-4-5-9-29(16)20)19-26-15-11-25-14-10-12(21(22,23)24)7-8-13(14)18(15)28(19)2/h4-11H,3H2,1-2H3. The molecule has 0 amide bonds. The van der Waals surface area contributed by atoms with Crippen LogP contribution in [0.5, 0.6) is 0 Å². The molecule has 5 aromatic rings. The largest absolute Gasteiger partial charge is 0.416 e. The number of benzene rings is 1. The molecular weight excluding hydrogens is 443 g/mol. The molecule has 11 heteroatoms. The lowest BCUT2D eigenvalue weighted by Crippen LogP contribution is -2.09. The first-order valence-electron chi connectivity index (χ1n) is 9.64. The van der Waals surface area contributed by atoms with Crippen LogP contribution in [0.25, 0.3) is 39.1 Å². The van der Waals surface area contributed by atoms with Gasteiger partial charge in [-0.25, -0.2) is 18.4 Å². The second kappa shape index (κ2) is 6.76. The van der Waals surface area contributed by atoms with Crippen molar-refractivity contribution in [2.24, 2.45) is 7.05 Å². The van der Waals surface area contributed by atoms with Crippen molar-refractivity contribution in [3.63, 3.8) is 0 Å². The van der Waals surface area contributed by atoms with E-state index in [0.29, 0.717) is 22.1 Å². The molecule has 1 aromatic carbocycles. The number of hydrogen-bond acceptors (Lipinski definition) is 5. The van der Waals surface area contributed by atoms with Gasteiger partial charge < -0.3 is 4.57 Å². The lowest BCUT2D eigenvalue weighted by molar-refractivity contribution is -0.137. The third-order valence-electron chi connectivity index (χ3n) is 5.40. The van der Waals surface area contributed by atoms with Crippen LogP contribution >= 0.6 is 0 Å². The van der Waals surface area contributed by atoms with Crippen molar-refractivity contribution in [1.29, 1.82) is 0 Å². The van der Waals surface area contributed by atoms with Crippen LogP contribution in [0.1, 0.15) is 12.5 Å². The Morgan fingerprint density at radius 2 is 1.84 bits per heavy atom. The number of halogens is 3. The van der Waals surface area contributed by atoms with E-state index in [2.05, 4.69) is 15.0 Å². The van der Waals surface area contributed by atoms with Crippen LogP contribution in [0, 0.1) is 0 Å². The van der Waals surface area contributed by atoms with E-state index in [1.807, 2.05) is 0 Å². The molecule has 5 rings (SSSR count). The van der Waals surface area contributed by atoms with E-state index in [1.165, 1.54) is 16.7 Å². The lowest BCUT2D eigenvalue weighted by atomic mass is 10.1. The molecule has 4 heterocycles. The summed E-state index contributed by atoms with van der Waals surface area (Å²) in [5, 5.41) is 0.492. The van der Waals surface area contributed by atoms with Gasteiger partial charge in [0, 0.05) is 18.6 Å². The number of sulfone groups is 1. The molecule has 0 atom stereocenters. The molecule has 0 spiro atoms. The predicted molar refractivity (Wildman–Crippen MR) is 113 cm³/mol. The van der Waals surface area contributed by atoms with Crippen molar-refractivity contribution < 1.29 is 21.6 Å². The highest BCUT2D eigenvalue weighted by atomic mass is 32.2. The van der Waals surface area contributed by atoms with Gasteiger partial charge in [0.2, 0.25) is 0 Å². The fourth-order valence-electron chi connectivity index (χ4n) is 3.84. The first kappa shape index (κ1) is 20.4. The molecule has 0 saturated carbocycles. The molecule has 0 unspecified atom stereocenters. The van der Waals surface area contributed by atoms with Crippen LogP contribution in [0.3, 0.4) is 0 Å². The van der Waals surface area contributed by atoms with E-state index in [1.54, 1.807) is 42.9 Å². The highest BCUT2D eigenvalue weighted by Gasteiger charge is 2.31. The first-order chi connectivity index (χ1) is 15.1. The average Bonchev–Trinajstić information content (AvgIpc) is 3.31. The molecule has 0 aliphatic rings. The maximum Gasteiger partial charge on any atom is 0.416 e. The second-order valence-corrected chi connectivity index (χ2v) is 9.51. The van der Waals surface area contributed by atoms with E-state index in [9.17, 15) is 21.6 Å². The summed E-state index contributed by atoms with van der Waals surface area (Å²) < 4.78 is 68.3. The Hall–Kier alpha value is -3.47. The van der Waals surface area contributed by atoms with Crippen molar-refractivity contribution in [3.8, 4) is 11.5 Å². The molecule has 7 nitrogen and oxygen atoms in total. The monoisotopic (exact) mass is 459 g/mol. The molecule has 0 bridgehead atoms. The van der Waals surface area contributed by atoms with E-state index >= 15 is 0 Å². The van der Waals surface area contributed by atoms with E-state index in [0.717, 1.165) is 12.1 Å². The van der Waals surface area contributed by atoms with Crippen LogP contribution in [0.15, 0.2) is 53.8 Å². The Balaban J connectivity index is 1.83. The number of aryl methyl sites for hydroxylation is 1. The molecule has 0 fully saturated rings. The van der Waals surface area contributed by atoms with Gasteiger partial charge in [0.25, 0.3) is 0 Å². The highest BCUT2D eigenvalue weighted by Crippen LogP contribution is 2.35. The van der Waals surface area contributed by atoms with E-state index in [-0.39, 0.29) is 27.8 Å². The number of hydrogen-bond donors (Lipinski definition) is 0. The van der Waals surface area contributed by atoms with Gasteiger partial charge in [-0.2, -0.15) is 13.2 Å². The number of imidazole rings is 2. The third-order valence-corrected chi connectivity index (χ3v) is 7.14. The first-order valence-corrected chi connectivity index (χ1v) is 11.3. The number of fused-ring (bicyclic) bond motifs is 4. The average molecular weight is 459 g/mol. The van der Waals surface area contributed by atoms with Gasteiger partial charge in [-0.1, -0.05) is 19.1 Å². The molecular formula is C21H16F3N5O2S. The normalized spacial score (nSPS) is 12.9. The van der Waals surface area contributed by atoms with Gasteiger partial charge in [-0.05, 0) is 24.3 Å². The highest BCUT2D eigenvalue weighted by molar-refractivity contribution is 7.91. The molecule has 164 valence electrons. The third kappa shape index (κ3) is 2.95. The summed E-state index contributed by atoms with van der Waals surface area (Å²) >= 11 is 0. The Morgan fingerprint density at radius 3 is 2.56 bits per heavy atom. The zero-order chi connectivity index (χ0) is 22.8. The molecule has 0 saturated heterocycles. The Bertz CT molecular complexity index is 1630. The van der Waals surface area contributed by atoms with Gasteiger partial charge in [0.05, 0.1) is 28.5 Å². The smallest absolute Gasteiger partial charge is 0.325 e. The van der Waals surface area contributed by atoms with Crippen LogP contribution in [0.4, 0.5) is 13.2 Å². The lowest BCUT2D eigenvalue weighted by Gasteiger charge is -2.08. The number of alkyl halides is 3. The minimum absolute atomic E-state index is 0.0191. The fraction of sp³-hybridized carbons (Fsp3) is 0.190. The van der Waals surface area contributed by atoms with E-state index in [4.69, 9.17) is 0 Å². The fourth-order valence-corrected chi connectivity index (χ4v) is 5.00. The Labute approximate surface area is 180 Å². The second-order valence-electron chi connectivity index (χ2n) is 7.31. The Kier molecular flexibility index (Phi) is 4.32. The zero-order valence-corrected chi connectivity index (χ0v) is 17.7. The van der Waals surface area contributed by atoms with Crippen LogP contribution < -0.4 is 0 Å². The molecule has 0 aliphatic carbocycles. The quantitative estimate of drug-likeness (QED) is 0.403. The summed E-state index contributed by atoms with van der Waals surface area (Å²) in [6, 6.07) is 8.48. The number of nitrogens with zero attached hydrogens (tertiary/aromatic N) is 5. The van der Waals surface area contributed by atoms with Crippen molar-refractivity contribution in [3.05, 3.63) is 54.4 Å². The van der Waals surface area contributed by atoms with Crippen LogP contribution in [-0.4, -0.2) is 38.1 Å². The van der Waals surface area contributed by atoms with E-state index < -0.39 is 21.6 Å². The van der Waals surface area contributed by atoms with Crippen molar-refractivity contribution >= 4 is 37.4 Å². The zero-order valence-electron chi connectivity index (χ0n) is 16.9. The molecule has 0 N–H and O–H groups in total. The molecule has 32 heavy (non-hydrogen) atoms. The molecule has 4 aromatic heterocycles. The number of aromatic nitrogens is 5. The van der Waals surface area contributed by atoms with Crippen LogP contribution in [0.2, 0.25) is 0 Å². The van der Waals surface area contributed by atoms with Crippen molar-refractivity contribution in [2.75, 3.05) is 5.75 Å². The van der Waals surface area contributed by atoms with Gasteiger partial charge in [-0.3, -0.25) is 9.38 Å². The van der Waals surface area contributed by atoms with Crippen molar-refractivity contribution in [2.45, 2.75) is 18.1 Å². The summed E-state index contributed by atoms with van der Waals surface area (Å²) in [5.41, 5.74) is 0.952. The molecule has 0 aliphatic heterocycles. The number of pyridine rings is 2. The summed E-state index contributed by atoms with van der Waals surface area (Å²) in [7, 11) is -2.00. The summed E-state index contributed by atoms with van der Waals surface area (Å²) in [6.07, 6.45) is -1.49. The minimum Gasteiger partial charge on any atom is -0.325 e. The Morgan fingerprint density at radius 1 is 1.06 bits per heavy atom. The minimum atomic E-state index is -4.48. The van der Waals surface area contributed by atoms with Crippen molar-refractivity contribution in [1.82, 2.24) is 23.9 Å². The maximum atomic E-state index is 13.1. The predicted octanol–water partition coefficient (Wildman–Crippen LogP) is 4.25. The summed E-state index contributed by atoms with van der Waals surface area (Å²) in [5.74, 6) is 0.155.